The molecule has 22 heavy (non-hydrogen) atoms. The zero-order valence-electron chi connectivity index (χ0n) is 12.5. The van der Waals surface area contributed by atoms with Gasteiger partial charge in [-0.15, -0.1) is 0 Å². The fourth-order valence-electron chi connectivity index (χ4n) is 2.74. The molecule has 5 nitrogen and oxygen atoms in total. The van der Waals surface area contributed by atoms with E-state index >= 15 is 0 Å². The van der Waals surface area contributed by atoms with Crippen molar-refractivity contribution >= 4 is 11.6 Å². The molecule has 5 heteroatoms. The minimum Gasteiger partial charge on any atom is -0.497 e. The van der Waals surface area contributed by atoms with Crippen LogP contribution in [0.15, 0.2) is 48.5 Å². The molecule has 3 rings (SSSR count). The third kappa shape index (κ3) is 2.29. The van der Waals surface area contributed by atoms with Crippen molar-refractivity contribution in [2.24, 2.45) is 5.73 Å². The molecule has 114 valence electrons. The van der Waals surface area contributed by atoms with Gasteiger partial charge in [0.2, 0.25) is 5.91 Å². The lowest BCUT2D eigenvalue weighted by Gasteiger charge is -2.45. The zero-order valence-corrected chi connectivity index (χ0v) is 12.5. The molecular formula is C17H18N2O3. The van der Waals surface area contributed by atoms with Gasteiger partial charge in [0, 0.05) is 11.8 Å². The molecule has 0 unspecified atom stereocenters. The summed E-state index contributed by atoms with van der Waals surface area (Å²) in [6.45, 7) is 0. The summed E-state index contributed by atoms with van der Waals surface area (Å²) in [7, 11) is 3.22. The van der Waals surface area contributed by atoms with Gasteiger partial charge in [-0.05, 0) is 29.8 Å². The lowest BCUT2D eigenvalue weighted by molar-refractivity contribution is -0.126. The Hall–Kier alpha value is -2.53. The Morgan fingerprint density at radius 3 is 2.32 bits per heavy atom. The van der Waals surface area contributed by atoms with E-state index in [9.17, 15) is 4.79 Å². The molecule has 0 spiro atoms. The fraction of sp³-hybridized carbons (Fsp3) is 0.235. The molecule has 2 aromatic carbocycles. The topological polar surface area (TPSA) is 64.8 Å². The predicted molar refractivity (Wildman–Crippen MR) is 84.2 cm³/mol. The Bertz CT molecular complexity index is 702. The van der Waals surface area contributed by atoms with Crippen LogP contribution in [0.5, 0.6) is 11.5 Å². The summed E-state index contributed by atoms with van der Waals surface area (Å²) in [4.78, 5) is 13.9. The van der Waals surface area contributed by atoms with Crippen LogP contribution in [-0.2, 0) is 4.79 Å². The first kappa shape index (κ1) is 14.4. The average molecular weight is 298 g/mol. The quantitative estimate of drug-likeness (QED) is 0.878. The summed E-state index contributed by atoms with van der Waals surface area (Å²) in [5, 5.41) is 0. The fourth-order valence-corrected chi connectivity index (χ4v) is 2.74. The molecule has 0 aromatic heterocycles. The maximum atomic E-state index is 12.2. The molecule has 1 aliphatic rings. The highest BCUT2D eigenvalue weighted by molar-refractivity contribution is 6.05. The van der Waals surface area contributed by atoms with E-state index in [1.807, 2.05) is 48.5 Å². The molecule has 1 fully saturated rings. The SMILES string of the molecule is COc1cccc([C@H]2[C@H](N)C(=O)N2c2cccc(OC)c2)c1. The Kier molecular flexibility index (Phi) is 3.73. The standard InChI is InChI=1S/C17H18N2O3/c1-21-13-7-3-5-11(9-13)16-15(18)17(20)19(16)12-6-4-8-14(10-12)22-2/h3-10,15-16H,18H2,1-2H3/t15-,16-/m0/s1. The van der Waals surface area contributed by atoms with Crippen LogP contribution in [0.3, 0.4) is 0 Å². The van der Waals surface area contributed by atoms with Crippen molar-refractivity contribution < 1.29 is 14.3 Å². The van der Waals surface area contributed by atoms with Crippen molar-refractivity contribution in [1.29, 1.82) is 0 Å². The van der Waals surface area contributed by atoms with E-state index in [1.54, 1.807) is 19.1 Å². The van der Waals surface area contributed by atoms with E-state index < -0.39 is 6.04 Å². The van der Waals surface area contributed by atoms with Crippen LogP contribution in [0.25, 0.3) is 0 Å². The number of methoxy groups -OCH3 is 2. The van der Waals surface area contributed by atoms with Crippen molar-refractivity contribution in [1.82, 2.24) is 0 Å². The molecule has 1 amide bonds. The van der Waals surface area contributed by atoms with E-state index in [0.29, 0.717) is 5.75 Å². The number of rotatable bonds is 4. The van der Waals surface area contributed by atoms with Gasteiger partial charge in [0.25, 0.3) is 0 Å². The monoisotopic (exact) mass is 298 g/mol. The van der Waals surface area contributed by atoms with Gasteiger partial charge in [0.15, 0.2) is 0 Å². The van der Waals surface area contributed by atoms with Gasteiger partial charge in [-0.2, -0.15) is 0 Å². The highest BCUT2D eigenvalue weighted by Gasteiger charge is 2.46. The highest BCUT2D eigenvalue weighted by atomic mass is 16.5. The number of benzene rings is 2. The third-order valence-electron chi connectivity index (χ3n) is 3.91. The molecule has 0 saturated carbocycles. The summed E-state index contributed by atoms with van der Waals surface area (Å²) in [6.07, 6.45) is 0. The van der Waals surface area contributed by atoms with E-state index in [4.69, 9.17) is 15.2 Å². The Morgan fingerprint density at radius 1 is 1.00 bits per heavy atom. The van der Waals surface area contributed by atoms with Gasteiger partial charge in [-0.25, -0.2) is 0 Å². The first-order valence-electron chi connectivity index (χ1n) is 7.02. The lowest BCUT2D eigenvalue weighted by atomic mass is 9.88. The number of nitrogens with zero attached hydrogens (tertiary/aromatic N) is 1. The summed E-state index contributed by atoms with van der Waals surface area (Å²) >= 11 is 0. The second-order valence-electron chi connectivity index (χ2n) is 5.16. The van der Waals surface area contributed by atoms with E-state index in [2.05, 4.69) is 0 Å². The summed E-state index contributed by atoms with van der Waals surface area (Å²) in [5.74, 6) is 1.35. The average Bonchev–Trinajstić information content (AvgIpc) is 2.58. The minimum atomic E-state index is -0.543. The number of carbonyl (C=O) groups is 1. The normalized spacial score (nSPS) is 20.5. The predicted octanol–water partition coefficient (Wildman–Crippen LogP) is 2.12. The molecule has 2 atom stereocenters. The van der Waals surface area contributed by atoms with Crippen molar-refractivity contribution in [3.05, 3.63) is 54.1 Å². The van der Waals surface area contributed by atoms with Crippen LogP contribution in [-0.4, -0.2) is 26.2 Å². The van der Waals surface area contributed by atoms with Gasteiger partial charge in [-0.3, -0.25) is 4.79 Å². The van der Waals surface area contributed by atoms with E-state index in [-0.39, 0.29) is 11.9 Å². The van der Waals surface area contributed by atoms with Gasteiger partial charge >= 0.3 is 0 Å². The van der Waals surface area contributed by atoms with Crippen molar-refractivity contribution in [3.8, 4) is 11.5 Å². The molecule has 1 heterocycles. The second kappa shape index (κ2) is 5.69. The second-order valence-corrected chi connectivity index (χ2v) is 5.16. The summed E-state index contributed by atoms with van der Waals surface area (Å²) < 4.78 is 10.5. The molecule has 0 bridgehead atoms. The van der Waals surface area contributed by atoms with Crippen LogP contribution in [0.2, 0.25) is 0 Å². The number of β-lactam (4-membered cyclic amide) rings is 1. The number of anilines is 1. The maximum absolute atomic E-state index is 12.2. The Labute approximate surface area is 129 Å². The largest absolute Gasteiger partial charge is 0.497 e. The summed E-state index contributed by atoms with van der Waals surface area (Å²) in [6, 6.07) is 14.3. The lowest BCUT2D eigenvalue weighted by Crippen LogP contribution is -2.63. The van der Waals surface area contributed by atoms with Crippen LogP contribution < -0.4 is 20.1 Å². The molecular weight excluding hydrogens is 280 g/mol. The Balaban J connectivity index is 1.97. The number of hydrogen-bond acceptors (Lipinski definition) is 4. The van der Waals surface area contributed by atoms with Crippen LogP contribution >= 0.6 is 0 Å². The van der Waals surface area contributed by atoms with E-state index in [0.717, 1.165) is 17.0 Å². The number of nitrogens with two attached hydrogens (primary N) is 1. The minimum absolute atomic E-state index is 0.0962. The van der Waals surface area contributed by atoms with Gasteiger partial charge < -0.3 is 20.1 Å². The summed E-state index contributed by atoms with van der Waals surface area (Å²) in [5.41, 5.74) is 7.75. The molecule has 2 aromatic rings. The molecule has 2 N–H and O–H groups in total. The molecule has 0 aliphatic carbocycles. The van der Waals surface area contributed by atoms with Gasteiger partial charge in [0.05, 0.1) is 20.3 Å². The molecule has 1 saturated heterocycles. The zero-order chi connectivity index (χ0) is 15.7. The van der Waals surface area contributed by atoms with E-state index in [1.165, 1.54) is 0 Å². The van der Waals surface area contributed by atoms with Gasteiger partial charge in [0.1, 0.15) is 17.5 Å². The van der Waals surface area contributed by atoms with Gasteiger partial charge in [-0.1, -0.05) is 18.2 Å². The smallest absolute Gasteiger partial charge is 0.247 e. The third-order valence-corrected chi connectivity index (χ3v) is 3.91. The van der Waals surface area contributed by atoms with Crippen molar-refractivity contribution in [2.45, 2.75) is 12.1 Å². The van der Waals surface area contributed by atoms with Crippen LogP contribution in [0.1, 0.15) is 11.6 Å². The number of hydrogen-bond donors (Lipinski definition) is 1. The molecule has 1 aliphatic heterocycles. The van der Waals surface area contributed by atoms with Crippen LogP contribution in [0.4, 0.5) is 5.69 Å². The first-order chi connectivity index (χ1) is 10.7. The molecule has 0 radical (unpaired) electrons. The van der Waals surface area contributed by atoms with Crippen molar-refractivity contribution in [2.75, 3.05) is 19.1 Å². The first-order valence-corrected chi connectivity index (χ1v) is 7.02. The Morgan fingerprint density at radius 2 is 1.64 bits per heavy atom. The number of carbonyl (C=O) groups excluding carboxylic acids is 1. The number of amides is 1. The highest BCUT2D eigenvalue weighted by Crippen LogP contribution is 2.39. The van der Waals surface area contributed by atoms with Crippen molar-refractivity contribution in [3.63, 3.8) is 0 Å². The maximum Gasteiger partial charge on any atom is 0.247 e. The van der Waals surface area contributed by atoms with Crippen LogP contribution in [0, 0.1) is 0 Å². The number of ether oxygens (including phenoxy) is 2.